The number of carbonyl (C=O) groups excluding carboxylic acids is 1. The fourth-order valence-corrected chi connectivity index (χ4v) is 3.96. The lowest BCUT2D eigenvalue weighted by atomic mass is 9.96. The van der Waals surface area contributed by atoms with Crippen LogP contribution in [0.3, 0.4) is 0 Å². The molecule has 1 aromatic carbocycles. The first-order valence-corrected chi connectivity index (χ1v) is 9.66. The Labute approximate surface area is 162 Å². The Kier molecular flexibility index (Phi) is 4.31. The number of phenols is 1. The number of likely N-dealkylation sites (tertiary alicyclic amines) is 1. The molecule has 0 amide bonds. The number of aromatic nitrogens is 1. The number of rotatable bonds is 5. The molecule has 3 heterocycles. The highest BCUT2D eigenvalue weighted by molar-refractivity contribution is 5.75. The van der Waals surface area contributed by atoms with Crippen LogP contribution in [0.5, 0.6) is 17.2 Å². The van der Waals surface area contributed by atoms with E-state index in [-0.39, 0.29) is 36.6 Å². The number of nitrogens with zero attached hydrogens (tertiary/aromatic N) is 2. The molecule has 1 N–H and O–H groups in total. The number of carbonyl (C=O) groups is 1. The van der Waals surface area contributed by atoms with Crippen molar-refractivity contribution in [1.29, 1.82) is 0 Å². The minimum absolute atomic E-state index is 0.0711. The lowest BCUT2D eigenvalue weighted by molar-refractivity contribution is -0.150. The van der Waals surface area contributed by atoms with E-state index in [2.05, 4.69) is 9.88 Å². The Morgan fingerprint density at radius 1 is 1.18 bits per heavy atom. The number of esters is 1. The van der Waals surface area contributed by atoms with Gasteiger partial charge in [0.2, 0.25) is 6.79 Å². The van der Waals surface area contributed by atoms with Gasteiger partial charge in [0.15, 0.2) is 11.5 Å². The molecule has 2 atom stereocenters. The second kappa shape index (κ2) is 6.98. The molecule has 0 spiro atoms. The molecule has 5 rings (SSSR count). The number of ether oxygens (including phenoxy) is 3. The van der Waals surface area contributed by atoms with Gasteiger partial charge in [0, 0.05) is 37.1 Å². The average molecular weight is 382 g/mol. The van der Waals surface area contributed by atoms with Crippen molar-refractivity contribution in [2.24, 2.45) is 5.92 Å². The Hall–Kier alpha value is -2.80. The minimum Gasteiger partial charge on any atom is -0.507 e. The van der Waals surface area contributed by atoms with Crippen molar-refractivity contribution in [3.8, 4) is 17.2 Å². The average Bonchev–Trinajstić information content (AvgIpc) is 3.31. The van der Waals surface area contributed by atoms with Gasteiger partial charge >= 0.3 is 5.97 Å². The summed E-state index contributed by atoms with van der Waals surface area (Å²) in [5.74, 6) is 1.36. The maximum absolute atomic E-state index is 12.0. The molecule has 1 aliphatic carbocycles. The zero-order chi connectivity index (χ0) is 19.1. The maximum Gasteiger partial charge on any atom is 0.309 e. The van der Waals surface area contributed by atoms with Crippen LogP contribution in [0.15, 0.2) is 36.7 Å². The molecule has 2 aliphatic heterocycles. The van der Waals surface area contributed by atoms with Gasteiger partial charge in [-0.3, -0.25) is 14.7 Å². The van der Waals surface area contributed by atoms with Crippen LogP contribution >= 0.6 is 0 Å². The molecule has 1 saturated carbocycles. The quantitative estimate of drug-likeness (QED) is 0.796. The molecule has 2 fully saturated rings. The van der Waals surface area contributed by atoms with E-state index in [0.29, 0.717) is 18.0 Å². The van der Waals surface area contributed by atoms with Crippen LogP contribution in [-0.2, 0) is 9.53 Å². The van der Waals surface area contributed by atoms with E-state index in [1.165, 1.54) is 0 Å². The number of fused-ring (bicyclic) bond motifs is 1. The second-order valence-corrected chi connectivity index (χ2v) is 7.56. The Bertz CT molecular complexity index is 884. The highest BCUT2D eigenvalue weighted by Gasteiger charge is 2.37. The lowest BCUT2D eigenvalue weighted by Crippen LogP contribution is -2.30. The summed E-state index contributed by atoms with van der Waals surface area (Å²) in [5, 5.41) is 10.7. The molecule has 0 radical (unpaired) electrons. The maximum atomic E-state index is 12.0. The van der Waals surface area contributed by atoms with Gasteiger partial charge in [0.25, 0.3) is 0 Å². The monoisotopic (exact) mass is 382 g/mol. The summed E-state index contributed by atoms with van der Waals surface area (Å²) in [7, 11) is 0. The number of pyridine rings is 1. The summed E-state index contributed by atoms with van der Waals surface area (Å²) in [6, 6.07) is 7.14. The number of hydrogen-bond acceptors (Lipinski definition) is 7. The second-order valence-electron chi connectivity index (χ2n) is 7.56. The van der Waals surface area contributed by atoms with Gasteiger partial charge in [-0.25, -0.2) is 0 Å². The van der Waals surface area contributed by atoms with E-state index in [0.717, 1.165) is 36.9 Å². The molecule has 28 heavy (non-hydrogen) atoms. The number of benzene rings is 1. The fourth-order valence-electron chi connectivity index (χ4n) is 3.96. The van der Waals surface area contributed by atoms with E-state index < -0.39 is 0 Å². The van der Waals surface area contributed by atoms with Gasteiger partial charge in [-0.15, -0.1) is 0 Å². The van der Waals surface area contributed by atoms with Gasteiger partial charge in [0.05, 0.1) is 12.0 Å². The highest BCUT2D eigenvalue weighted by atomic mass is 16.7. The van der Waals surface area contributed by atoms with Crippen LogP contribution in [-0.4, -0.2) is 46.9 Å². The summed E-state index contributed by atoms with van der Waals surface area (Å²) in [6.07, 6.45) is 6.04. The van der Waals surface area contributed by atoms with Crippen molar-refractivity contribution in [2.75, 3.05) is 19.9 Å². The third-order valence-corrected chi connectivity index (χ3v) is 5.57. The van der Waals surface area contributed by atoms with Crippen LogP contribution in [0.2, 0.25) is 0 Å². The number of hydrogen-bond donors (Lipinski definition) is 1. The number of phenolic OH excluding ortho intramolecular Hbond substituents is 1. The van der Waals surface area contributed by atoms with E-state index >= 15 is 0 Å². The molecule has 7 heteroatoms. The van der Waals surface area contributed by atoms with E-state index in [1.54, 1.807) is 18.5 Å². The summed E-state index contributed by atoms with van der Waals surface area (Å²) in [4.78, 5) is 18.4. The van der Waals surface area contributed by atoms with Gasteiger partial charge in [-0.2, -0.15) is 0 Å². The minimum atomic E-state index is -0.192. The molecule has 146 valence electrons. The molecule has 1 unspecified atom stereocenters. The van der Waals surface area contributed by atoms with Crippen LogP contribution in [0.1, 0.15) is 36.4 Å². The van der Waals surface area contributed by atoms with Gasteiger partial charge in [-0.1, -0.05) is 0 Å². The normalized spacial score (nSPS) is 22.2. The summed E-state index contributed by atoms with van der Waals surface area (Å²) in [6.45, 7) is 1.55. The molecular formula is C21H22N2O5. The lowest BCUT2D eigenvalue weighted by Gasteiger charge is -2.29. The first kappa shape index (κ1) is 17.3. The third kappa shape index (κ3) is 3.26. The Balaban J connectivity index is 1.44. The smallest absolute Gasteiger partial charge is 0.309 e. The van der Waals surface area contributed by atoms with E-state index in [1.807, 2.05) is 18.2 Å². The molecule has 0 bridgehead atoms. The first-order chi connectivity index (χ1) is 13.7. The first-order valence-electron chi connectivity index (χ1n) is 9.66. The summed E-state index contributed by atoms with van der Waals surface area (Å²) < 4.78 is 16.6. The zero-order valence-electron chi connectivity index (χ0n) is 15.4. The topological polar surface area (TPSA) is 81.1 Å². The molecule has 2 aromatic rings. The zero-order valence-corrected chi connectivity index (χ0v) is 15.4. The molecular weight excluding hydrogens is 360 g/mol. The van der Waals surface area contributed by atoms with Crippen molar-refractivity contribution in [1.82, 2.24) is 9.88 Å². The van der Waals surface area contributed by atoms with Crippen molar-refractivity contribution in [3.63, 3.8) is 0 Å². The van der Waals surface area contributed by atoms with Crippen LogP contribution in [0.4, 0.5) is 0 Å². The van der Waals surface area contributed by atoms with Gasteiger partial charge in [0.1, 0.15) is 11.9 Å². The van der Waals surface area contributed by atoms with E-state index in [4.69, 9.17) is 14.2 Å². The van der Waals surface area contributed by atoms with Crippen LogP contribution in [0, 0.1) is 5.92 Å². The molecule has 1 saturated heterocycles. The Morgan fingerprint density at radius 2 is 1.93 bits per heavy atom. The molecule has 3 aliphatic rings. The predicted molar refractivity (Wildman–Crippen MR) is 99.1 cm³/mol. The SMILES string of the molecule is O=C(O[C@@H]1CCN(C(c2ccncc2)c2cc3c(cc2O)OCO3)C1)C1CC1. The third-order valence-electron chi connectivity index (χ3n) is 5.57. The standard InChI is InChI=1S/C21H22N2O5/c24-17-10-19-18(26-12-27-19)9-16(17)20(13-3-6-22-7-4-13)23-8-5-15(11-23)28-21(25)14-1-2-14/h3-4,6-7,9-10,14-15,20,24H,1-2,5,8,11-12H2/t15-,20?/m1/s1. The van der Waals surface area contributed by atoms with Crippen LogP contribution < -0.4 is 9.47 Å². The molecule has 7 nitrogen and oxygen atoms in total. The van der Waals surface area contributed by atoms with E-state index in [9.17, 15) is 9.90 Å². The molecule has 1 aromatic heterocycles. The Morgan fingerprint density at radius 3 is 2.68 bits per heavy atom. The summed E-state index contributed by atoms with van der Waals surface area (Å²) in [5.41, 5.74) is 1.75. The van der Waals surface area contributed by atoms with Crippen molar-refractivity contribution < 1.29 is 24.1 Å². The van der Waals surface area contributed by atoms with Crippen LogP contribution in [0.25, 0.3) is 0 Å². The van der Waals surface area contributed by atoms with Gasteiger partial charge in [-0.05, 0) is 43.0 Å². The van der Waals surface area contributed by atoms with Crippen molar-refractivity contribution in [2.45, 2.75) is 31.4 Å². The predicted octanol–water partition coefficient (Wildman–Crippen LogP) is 2.63. The summed E-state index contributed by atoms with van der Waals surface area (Å²) >= 11 is 0. The van der Waals surface area contributed by atoms with Crippen molar-refractivity contribution in [3.05, 3.63) is 47.8 Å². The largest absolute Gasteiger partial charge is 0.507 e. The fraction of sp³-hybridized carbons (Fsp3) is 0.429. The van der Waals surface area contributed by atoms with Crippen molar-refractivity contribution >= 4 is 5.97 Å². The number of aromatic hydroxyl groups is 1. The van der Waals surface area contributed by atoms with Gasteiger partial charge < -0.3 is 19.3 Å². The highest BCUT2D eigenvalue weighted by Crippen LogP contribution is 2.44.